The number of anilines is 1. The molecular weight excluding hydrogens is 631 g/mol. The van der Waals surface area contributed by atoms with E-state index >= 15 is 0 Å². The number of unbranched alkanes of at least 4 members (excludes halogenated alkanes) is 5. The van der Waals surface area contributed by atoms with Gasteiger partial charge in [0.15, 0.2) is 0 Å². The molecule has 0 N–H and O–H groups in total. The Labute approximate surface area is 260 Å². The van der Waals surface area contributed by atoms with E-state index in [2.05, 4.69) is 33.3 Å². The molecule has 1 aliphatic heterocycles. The van der Waals surface area contributed by atoms with E-state index in [1.54, 1.807) is 48.5 Å². The molecule has 3 aromatic carbocycles. The lowest BCUT2D eigenvalue weighted by Crippen LogP contribution is -3.00. The number of hydrogen-bond acceptors (Lipinski definition) is 5. The highest BCUT2D eigenvalue weighted by Gasteiger charge is 2.36. The van der Waals surface area contributed by atoms with Gasteiger partial charge in [0.05, 0.1) is 57.6 Å². The van der Waals surface area contributed by atoms with Gasteiger partial charge >= 0.3 is 5.97 Å². The van der Waals surface area contributed by atoms with E-state index in [-0.39, 0.29) is 41.8 Å². The number of nitrogens with zero attached hydrogens (tertiary/aromatic N) is 2. The summed E-state index contributed by atoms with van der Waals surface area (Å²) in [5.74, 6) is -0.0546. The van der Waals surface area contributed by atoms with E-state index in [1.165, 1.54) is 10.6 Å². The fourth-order valence-corrected chi connectivity index (χ4v) is 4.68. The molecule has 0 saturated carbocycles. The first-order valence-electron chi connectivity index (χ1n) is 14.0. The van der Waals surface area contributed by atoms with Crippen molar-refractivity contribution in [2.75, 3.05) is 39.3 Å². The topological polar surface area (TPSA) is 72.9 Å². The summed E-state index contributed by atoms with van der Waals surface area (Å²) in [4.78, 5) is 38.6. The van der Waals surface area contributed by atoms with Crippen LogP contribution in [0.1, 0.15) is 64.8 Å². The summed E-state index contributed by atoms with van der Waals surface area (Å²) in [7, 11) is 6.34. The molecule has 8 heteroatoms. The summed E-state index contributed by atoms with van der Waals surface area (Å²) in [6.45, 7) is 1.08. The summed E-state index contributed by atoms with van der Waals surface area (Å²) in [6, 6.07) is 22.1. The fourth-order valence-electron chi connectivity index (χ4n) is 4.68. The molecule has 1 aliphatic rings. The van der Waals surface area contributed by atoms with Crippen molar-refractivity contribution in [2.45, 2.75) is 44.9 Å². The lowest BCUT2D eigenvalue weighted by molar-refractivity contribution is -0.142. The quantitative estimate of drug-likeness (QED) is 0.0867. The Hall–Kier alpha value is -3.24. The first-order chi connectivity index (χ1) is 19.2. The summed E-state index contributed by atoms with van der Waals surface area (Å²) >= 11 is 0. The number of hydrogen-bond donors (Lipinski definition) is 0. The Balaban J connectivity index is 0.00000462. The van der Waals surface area contributed by atoms with Gasteiger partial charge < -0.3 is 33.5 Å². The summed E-state index contributed by atoms with van der Waals surface area (Å²) < 4.78 is 12.0. The third kappa shape index (κ3) is 8.87. The van der Waals surface area contributed by atoms with Crippen LogP contribution in [0.15, 0.2) is 72.8 Å². The van der Waals surface area contributed by atoms with Crippen LogP contribution in [0, 0.1) is 0 Å². The zero-order valence-electron chi connectivity index (χ0n) is 24.1. The Morgan fingerprint density at radius 3 is 1.80 bits per heavy atom. The number of benzene rings is 3. The molecule has 0 radical (unpaired) electrons. The number of carbonyl (C=O) groups excluding carboxylic acids is 3. The van der Waals surface area contributed by atoms with Gasteiger partial charge in [-0.3, -0.25) is 18.9 Å². The first-order valence-corrected chi connectivity index (χ1v) is 14.0. The molecule has 1 heterocycles. The summed E-state index contributed by atoms with van der Waals surface area (Å²) in [6.07, 6.45) is 6.43. The second-order valence-corrected chi connectivity index (χ2v) is 11.0. The van der Waals surface area contributed by atoms with E-state index in [4.69, 9.17) is 9.47 Å². The molecule has 218 valence electrons. The molecule has 0 atom stereocenters. The molecule has 0 aromatic heterocycles. The minimum atomic E-state index is -0.297. The average molecular weight is 671 g/mol. The number of rotatable bonds is 14. The smallest absolute Gasteiger partial charge is 0.310 e. The third-order valence-corrected chi connectivity index (χ3v) is 7.02. The van der Waals surface area contributed by atoms with E-state index in [9.17, 15) is 14.4 Å². The fraction of sp³-hybridized carbons (Fsp3) is 0.364. The van der Waals surface area contributed by atoms with Crippen LogP contribution in [-0.4, -0.2) is 52.1 Å². The highest BCUT2D eigenvalue weighted by Crippen LogP contribution is 2.29. The number of halogens is 1. The Bertz CT molecular complexity index is 1280. The predicted molar refractivity (Wildman–Crippen MR) is 158 cm³/mol. The molecule has 7 nitrogen and oxygen atoms in total. The van der Waals surface area contributed by atoms with E-state index in [0.29, 0.717) is 42.2 Å². The Kier molecular flexibility index (Phi) is 11.9. The number of esters is 1. The number of carbonyl (C=O) groups is 3. The normalized spacial score (nSPS) is 12.6. The summed E-state index contributed by atoms with van der Waals surface area (Å²) in [5, 5.41) is 0. The van der Waals surface area contributed by atoms with Crippen molar-refractivity contribution in [3.63, 3.8) is 0 Å². The molecule has 4 rings (SSSR count). The van der Waals surface area contributed by atoms with Gasteiger partial charge in [-0.1, -0.05) is 49.9 Å². The minimum Gasteiger partial charge on any atom is -1.00 e. The molecule has 2 amide bonds. The molecule has 0 bridgehead atoms. The number of imide groups is 1. The van der Waals surface area contributed by atoms with Crippen LogP contribution in [0.3, 0.4) is 0 Å². The highest BCUT2D eigenvalue weighted by atomic mass is 127. The van der Waals surface area contributed by atoms with Crippen molar-refractivity contribution in [2.24, 2.45) is 0 Å². The molecule has 0 spiro atoms. The molecule has 0 saturated heterocycles. The monoisotopic (exact) mass is 670 g/mol. The van der Waals surface area contributed by atoms with Crippen molar-refractivity contribution in [1.82, 2.24) is 4.48 Å². The molecule has 41 heavy (non-hydrogen) atoms. The second-order valence-electron chi connectivity index (χ2n) is 11.0. The zero-order valence-corrected chi connectivity index (χ0v) is 26.3. The third-order valence-electron chi connectivity index (χ3n) is 7.02. The van der Waals surface area contributed by atoms with E-state index in [0.717, 1.165) is 48.6 Å². The molecule has 0 unspecified atom stereocenters. The lowest BCUT2D eigenvalue weighted by Gasteiger charge is -2.23. The molecule has 0 aliphatic carbocycles. The van der Waals surface area contributed by atoms with E-state index < -0.39 is 0 Å². The van der Waals surface area contributed by atoms with Crippen LogP contribution in [0.5, 0.6) is 5.75 Å². The number of ether oxygens (including phenoxy) is 2. The highest BCUT2D eigenvalue weighted by molar-refractivity contribution is 6.34. The summed E-state index contributed by atoms with van der Waals surface area (Å²) in [5.41, 5.74) is 3.58. The van der Waals surface area contributed by atoms with Gasteiger partial charge in [0, 0.05) is 0 Å². The SMILES string of the molecule is C[N+](C)(C)c1ccc(CC(=O)OCCCCCCCCOc2ccc(N3C(=O)c4ccccc4C3=O)cc2)cc1.[I-]. The van der Waals surface area contributed by atoms with Crippen molar-refractivity contribution >= 4 is 29.2 Å². The maximum atomic E-state index is 12.6. The van der Waals surface area contributed by atoms with Gasteiger partial charge in [0.1, 0.15) is 11.4 Å². The van der Waals surface area contributed by atoms with Crippen molar-refractivity contribution in [3.05, 3.63) is 89.5 Å². The lowest BCUT2D eigenvalue weighted by atomic mass is 10.1. The molecule has 3 aromatic rings. The van der Waals surface area contributed by atoms with Gasteiger partial charge in [-0.05, 0) is 66.9 Å². The average Bonchev–Trinajstić information content (AvgIpc) is 3.19. The van der Waals surface area contributed by atoms with Crippen molar-refractivity contribution in [1.29, 1.82) is 0 Å². The number of amides is 2. The van der Waals surface area contributed by atoms with Gasteiger partial charge in [0.2, 0.25) is 0 Å². The van der Waals surface area contributed by atoms with Crippen LogP contribution in [0.25, 0.3) is 0 Å². The van der Waals surface area contributed by atoms with Crippen molar-refractivity contribution in [3.8, 4) is 5.75 Å². The minimum absolute atomic E-state index is 0. The maximum Gasteiger partial charge on any atom is 0.310 e. The van der Waals surface area contributed by atoms with Gasteiger partial charge in [-0.2, -0.15) is 0 Å². The number of quaternary nitrogens is 1. The van der Waals surface area contributed by atoms with Crippen LogP contribution < -0.4 is 38.1 Å². The standard InChI is InChI=1S/C33H39N2O5.HI/c1-35(2,3)27-18-14-25(15-19-27)24-31(36)40-23-11-7-5-4-6-10-22-39-28-20-16-26(17-21-28)34-32(37)29-12-8-9-13-30(29)33(34)38;/h8-9,12-21H,4-7,10-11,22-24H2,1-3H3;1H/q+1;/p-1. The molecule has 0 fully saturated rings. The van der Waals surface area contributed by atoms with Crippen molar-refractivity contribution < 1.29 is 47.8 Å². The Morgan fingerprint density at radius 2 is 1.24 bits per heavy atom. The first kappa shape index (κ1) is 32.3. The van der Waals surface area contributed by atoms with Crippen LogP contribution >= 0.6 is 0 Å². The van der Waals surface area contributed by atoms with Crippen LogP contribution in [-0.2, 0) is 16.0 Å². The zero-order chi connectivity index (χ0) is 28.5. The van der Waals surface area contributed by atoms with Crippen LogP contribution in [0.4, 0.5) is 11.4 Å². The largest absolute Gasteiger partial charge is 1.00 e. The van der Waals surface area contributed by atoms with Gasteiger partial charge in [0.25, 0.3) is 11.8 Å². The Morgan fingerprint density at radius 1 is 0.707 bits per heavy atom. The maximum absolute atomic E-state index is 12.6. The number of fused-ring (bicyclic) bond motifs is 1. The predicted octanol–water partition coefficient (Wildman–Crippen LogP) is 3.19. The van der Waals surface area contributed by atoms with Gasteiger partial charge in [-0.25, -0.2) is 4.90 Å². The molecular formula is C33H39IN2O5. The van der Waals surface area contributed by atoms with E-state index in [1.807, 2.05) is 12.1 Å². The van der Waals surface area contributed by atoms with Crippen LogP contribution in [0.2, 0.25) is 0 Å². The second kappa shape index (κ2) is 15.1. The van der Waals surface area contributed by atoms with Gasteiger partial charge in [-0.15, -0.1) is 0 Å².